The Morgan fingerprint density at radius 3 is 2.76 bits per heavy atom. The fraction of sp³-hybridized carbons (Fsp3) is 0.706. The molecule has 0 amide bonds. The Hall–Kier alpha value is -1.13. The Morgan fingerprint density at radius 2 is 2.05 bits per heavy atom. The van der Waals surface area contributed by atoms with Gasteiger partial charge in [-0.15, -0.1) is 0 Å². The first-order valence-corrected chi connectivity index (χ1v) is 8.33. The molecule has 21 heavy (non-hydrogen) atoms. The van der Waals surface area contributed by atoms with Crippen LogP contribution in [0.4, 0.5) is 5.82 Å². The third-order valence-electron chi connectivity index (χ3n) is 4.79. The number of pyridine rings is 1. The molecule has 0 unspecified atom stereocenters. The summed E-state index contributed by atoms with van der Waals surface area (Å²) < 4.78 is 5.43. The normalized spacial score (nSPS) is 24.3. The predicted octanol–water partition coefficient (Wildman–Crippen LogP) is 2.77. The summed E-state index contributed by atoms with van der Waals surface area (Å²) in [7, 11) is 0. The van der Waals surface area contributed by atoms with E-state index in [1.165, 1.54) is 36.9 Å². The first kappa shape index (κ1) is 14.8. The number of ether oxygens (including phenoxy) is 1. The molecular formula is C17H27N3O. The fourth-order valence-corrected chi connectivity index (χ4v) is 3.62. The van der Waals surface area contributed by atoms with E-state index in [9.17, 15) is 0 Å². The van der Waals surface area contributed by atoms with Crippen molar-refractivity contribution < 1.29 is 4.74 Å². The lowest BCUT2D eigenvalue weighted by molar-refractivity contribution is 0.122. The van der Waals surface area contributed by atoms with Crippen molar-refractivity contribution in [3.8, 4) is 0 Å². The van der Waals surface area contributed by atoms with Crippen molar-refractivity contribution in [2.75, 3.05) is 44.3 Å². The van der Waals surface area contributed by atoms with E-state index >= 15 is 0 Å². The van der Waals surface area contributed by atoms with E-state index < -0.39 is 0 Å². The highest BCUT2D eigenvalue weighted by molar-refractivity contribution is 5.48. The van der Waals surface area contributed by atoms with E-state index in [2.05, 4.69) is 35.9 Å². The van der Waals surface area contributed by atoms with Crippen LogP contribution in [-0.4, -0.2) is 49.3 Å². The average Bonchev–Trinajstić information content (AvgIpc) is 2.55. The summed E-state index contributed by atoms with van der Waals surface area (Å²) in [6.07, 6.45) is 6.05. The molecule has 0 bridgehead atoms. The third-order valence-corrected chi connectivity index (χ3v) is 4.79. The highest BCUT2D eigenvalue weighted by Crippen LogP contribution is 2.32. The molecule has 0 saturated carbocycles. The zero-order valence-corrected chi connectivity index (χ0v) is 13.3. The van der Waals surface area contributed by atoms with Crippen LogP contribution < -0.4 is 4.90 Å². The molecule has 116 valence electrons. The van der Waals surface area contributed by atoms with Crippen LogP contribution in [0.3, 0.4) is 0 Å². The minimum atomic E-state index is 0.564. The lowest BCUT2D eigenvalue weighted by Gasteiger charge is -2.35. The zero-order valence-electron chi connectivity index (χ0n) is 13.3. The summed E-state index contributed by atoms with van der Waals surface area (Å²) in [5, 5.41) is 0. The van der Waals surface area contributed by atoms with E-state index in [0.717, 1.165) is 38.7 Å². The van der Waals surface area contributed by atoms with Crippen LogP contribution in [0.1, 0.15) is 43.4 Å². The van der Waals surface area contributed by atoms with E-state index in [4.69, 9.17) is 9.72 Å². The second-order valence-electron chi connectivity index (χ2n) is 6.15. The summed E-state index contributed by atoms with van der Waals surface area (Å²) in [5.41, 5.74) is 2.70. The number of nitrogens with zero attached hydrogens (tertiary/aromatic N) is 3. The van der Waals surface area contributed by atoms with Crippen molar-refractivity contribution >= 4 is 5.82 Å². The largest absolute Gasteiger partial charge is 0.378 e. The van der Waals surface area contributed by atoms with Crippen LogP contribution in [0.25, 0.3) is 0 Å². The number of aryl methyl sites for hydroxylation is 1. The van der Waals surface area contributed by atoms with E-state index in [0.29, 0.717) is 6.04 Å². The van der Waals surface area contributed by atoms with Gasteiger partial charge in [-0.3, -0.25) is 4.90 Å². The number of likely N-dealkylation sites (tertiary alicyclic amines) is 1. The molecule has 1 atom stereocenters. The van der Waals surface area contributed by atoms with Crippen molar-refractivity contribution in [3.63, 3.8) is 0 Å². The number of morpholine rings is 1. The molecular weight excluding hydrogens is 262 g/mol. The Kier molecular flexibility index (Phi) is 4.76. The lowest BCUT2D eigenvalue weighted by Crippen LogP contribution is -2.37. The number of anilines is 1. The highest BCUT2D eigenvalue weighted by atomic mass is 16.5. The van der Waals surface area contributed by atoms with Crippen LogP contribution in [0.15, 0.2) is 12.3 Å². The zero-order chi connectivity index (χ0) is 14.7. The van der Waals surface area contributed by atoms with E-state index in [-0.39, 0.29) is 0 Å². The van der Waals surface area contributed by atoms with Gasteiger partial charge < -0.3 is 9.64 Å². The quantitative estimate of drug-likeness (QED) is 0.855. The molecule has 3 heterocycles. The molecule has 2 saturated heterocycles. The summed E-state index contributed by atoms with van der Waals surface area (Å²) in [4.78, 5) is 9.73. The predicted molar refractivity (Wildman–Crippen MR) is 85.8 cm³/mol. The Bertz CT molecular complexity index is 471. The van der Waals surface area contributed by atoms with E-state index in [1.54, 1.807) is 0 Å². The average molecular weight is 289 g/mol. The van der Waals surface area contributed by atoms with Crippen LogP contribution in [0.5, 0.6) is 0 Å². The molecule has 2 aliphatic heterocycles. The monoisotopic (exact) mass is 289 g/mol. The van der Waals surface area contributed by atoms with Gasteiger partial charge in [0.05, 0.1) is 13.2 Å². The van der Waals surface area contributed by atoms with Crippen LogP contribution in [0.2, 0.25) is 0 Å². The molecule has 4 nitrogen and oxygen atoms in total. The maximum absolute atomic E-state index is 5.43. The van der Waals surface area contributed by atoms with Gasteiger partial charge in [-0.1, -0.05) is 13.3 Å². The summed E-state index contributed by atoms with van der Waals surface area (Å²) in [6.45, 7) is 10.4. The molecule has 0 aromatic carbocycles. The van der Waals surface area contributed by atoms with Gasteiger partial charge in [0.1, 0.15) is 5.82 Å². The van der Waals surface area contributed by atoms with E-state index in [1.807, 2.05) is 0 Å². The van der Waals surface area contributed by atoms with Gasteiger partial charge in [-0.05, 0) is 50.0 Å². The number of hydrogen-bond acceptors (Lipinski definition) is 4. The number of aromatic nitrogens is 1. The van der Waals surface area contributed by atoms with Gasteiger partial charge in [0.2, 0.25) is 0 Å². The summed E-state index contributed by atoms with van der Waals surface area (Å²) in [5.74, 6) is 1.14. The molecule has 3 rings (SSSR count). The SMILES string of the molecule is CCN1CCCC[C@@H]1c1cnc(N2CCOCC2)c(C)c1. The molecule has 0 spiro atoms. The lowest BCUT2D eigenvalue weighted by atomic mass is 9.95. The molecule has 1 aromatic rings. The van der Waals surface area contributed by atoms with Crippen LogP contribution in [-0.2, 0) is 4.74 Å². The van der Waals surface area contributed by atoms with Crippen molar-refractivity contribution in [1.29, 1.82) is 0 Å². The fourth-order valence-electron chi connectivity index (χ4n) is 3.62. The second-order valence-corrected chi connectivity index (χ2v) is 6.15. The van der Waals surface area contributed by atoms with Gasteiger partial charge in [-0.2, -0.15) is 0 Å². The molecule has 0 N–H and O–H groups in total. The Balaban J connectivity index is 1.79. The standard InChI is InChI=1S/C17H27N3O/c1-3-19-7-5-4-6-16(19)15-12-14(2)17(18-13-15)20-8-10-21-11-9-20/h12-13,16H,3-11H2,1-2H3/t16-/m1/s1. The molecule has 2 fully saturated rings. The van der Waals surface area contributed by atoms with Crippen molar-refractivity contribution in [2.45, 2.75) is 39.2 Å². The van der Waals surface area contributed by atoms with Crippen molar-refractivity contribution in [3.05, 3.63) is 23.4 Å². The minimum absolute atomic E-state index is 0.564. The van der Waals surface area contributed by atoms with Crippen molar-refractivity contribution in [2.24, 2.45) is 0 Å². The summed E-state index contributed by atoms with van der Waals surface area (Å²) >= 11 is 0. The molecule has 2 aliphatic rings. The smallest absolute Gasteiger partial charge is 0.131 e. The first-order chi connectivity index (χ1) is 10.3. The first-order valence-electron chi connectivity index (χ1n) is 8.33. The topological polar surface area (TPSA) is 28.6 Å². The van der Waals surface area contributed by atoms with Gasteiger partial charge in [0, 0.05) is 25.3 Å². The Morgan fingerprint density at radius 1 is 1.24 bits per heavy atom. The molecule has 1 aromatic heterocycles. The molecule has 0 radical (unpaired) electrons. The van der Waals surface area contributed by atoms with Gasteiger partial charge in [0.25, 0.3) is 0 Å². The minimum Gasteiger partial charge on any atom is -0.378 e. The van der Waals surface area contributed by atoms with Gasteiger partial charge >= 0.3 is 0 Å². The van der Waals surface area contributed by atoms with Crippen LogP contribution in [0, 0.1) is 6.92 Å². The maximum atomic E-state index is 5.43. The maximum Gasteiger partial charge on any atom is 0.131 e. The van der Waals surface area contributed by atoms with Gasteiger partial charge in [0.15, 0.2) is 0 Å². The summed E-state index contributed by atoms with van der Waals surface area (Å²) in [6, 6.07) is 2.92. The second kappa shape index (κ2) is 6.75. The third kappa shape index (κ3) is 3.22. The molecule has 0 aliphatic carbocycles. The van der Waals surface area contributed by atoms with Gasteiger partial charge in [-0.25, -0.2) is 4.98 Å². The molecule has 4 heteroatoms. The van der Waals surface area contributed by atoms with Crippen LogP contribution >= 0.6 is 0 Å². The Labute approximate surface area is 128 Å². The highest BCUT2D eigenvalue weighted by Gasteiger charge is 2.24. The number of rotatable bonds is 3. The number of piperidine rings is 1. The van der Waals surface area contributed by atoms with Crippen molar-refractivity contribution in [1.82, 2.24) is 9.88 Å². The number of hydrogen-bond donors (Lipinski definition) is 0.